The lowest BCUT2D eigenvalue weighted by atomic mass is 10.1. The van der Waals surface area contributed by atoms with E-state index in [1.165, 1.54) is 0 Å². The number of hydrogen-bond acceptors (Lipinski definition) is 4. The van der Waals surface area contributed by atoms with Crippen LogP contribution in [0.4, 0.5) is 0 Å². The average molecular weight is 210 g/mol. The molecule has 0 spiro atoms. The molecule has 0 bridgehead atoms. The summed E-state index contributed by atoms with van der Waals surface area (Å²) in [6, 6.07) is 4.21. The Morgan fingerprint density at radius 3 is 2.67 bits per heavy atom. The molecule has 0 saturated carbocycles. The second-order valence-electron chi connectivity index (χ2n) is 3.32. The fourth-order valence-corrected chi connectivity index (χ4v) is 1.29. The van der Waals surface area contributed by atoms with Crippen molar-refractivity contribution in [3.05, 3.63) is 30.1 Å². The third-order valence-electron chi connectivity index (χ3n) is 2.30. The van der Waals surface area contributed by atoms with Gasteiger partial charge in [0.25, 0.3) is 0 Å². The van der Waals surface area contributed by atoms with Crippen LogP contribution in [-0.2, 0) is 9.47 Å². The summed E-state index contributed by atoms with van der Waals surface area (Å²) in [5, 5.41) is 3.31. The van der Waals surface area contributed by atoms with Crippen molar-refractivity contribution in [2.75, 3.05) is 20.8 Å². The van der Waals surface area contributed by atoms with Gasteiger partial charge in [0.1, 0.15) is 0 Å². The Hall–Kier alpha value is -0.970. The largest absolute Gasteiger partial charge is 0.355 e. The molecule has 4 heteroatoms. The standard InChI is InChI=1S/C11H18N2O2/c1-9(10-5-4-6-12-7-10)13-8-11(14-2)15-3/h4-7,9,11,13H,8H2,1-3H3. The zero-order chi connectivity index (χ0) is 11.1. The van der Waals surface area contributed by atoms with Gasteiger partial charge in [-0.1, -0.05) is 6.07 Å². The van der Waals surface area contributed by atoms with E-state index in [0.29, 0.717) is 6.54 Å². The highest BCUT2D eigenvalue weighted by atomic mass is 16.7. The predicted molar refractivity (Wildman–Crippen MR) is 58.5 cm³/mol. The lowest BCUT2D eigenvalue weighted by Crippen LogP contribution is -2.31. The van der Waals surface area contributed by atoms with Gasteiger partial charge < -0.3 is 14.8 Å². The maximum Gasteiger partial charge on any atom is 0.169 e. The van der Waals surface area contributed by atoms with Crippen LogP contribution in [0.5, 0.6) is 0 Å². The second-order valence-corrected chi connectivity index (χ2v) is 3.32. The lowest BCUT2D eigenvalue weighted by Gasteiger charge is -2.18. The van der Waals surface area contributed by atoms with E-state index in [-0.39, 0.29) is 12.3 Å². The van der Waals surface area contributed by atoms with Gasteiger partial charge >= 0.3 is 0 Å². The topological polar surface area (TPSA) is 43.4 Å². The SMILES string of the molecule is COC(CNC(C)c1cccnc1)OC. The van der Waals surface area contributed by atoms with Crippen molar-refractivity contribution in [1.82, 2.24) is 10.3 Å². The van der Waals surface area contributed by atoms with Crippen molar-refractivity contribution >= 4 is 0 Å². The summed E-state index contributed by atoms with van der Waals surface area (Å²) in [6.07, 6.45) is 3.42. The van der Waals surface area contributed by atoms with E-state index in [1.54, 1.807) is 20.4 Å². The van der Waals surface area contributed by atoms with Gasteiger partial charge in [0.2, 0.25) is 0 Å². The van der Waals surface area contributed by atoms with Crippen LogP contribution in [0.3, 0.4) is 0 Å². The molecule has 1 atom stereocenters. The first-order chi connectivity index (χ1) is 7.27. The molecule has 1 aromatic rings. The zero-order valence-electron chi connectivity index (χ0n) is 9.43. The molecule has 0 radical (unpaired) electrons. The highest BCUT2D eigenvalue weighted by Crippen LogP contribution is 2.09. The van der Waals surface area contributed by atoms with Crippen molar-refractivity contribution in [3.63, 3.8) is 0 Å². The summed E-state index contributed by atoms with van der Waals surface area (Å²) in [5.41, 5.74) is 1.16. The minimum absolute atomic E-state index is 0.205. The monoisotopic (exact) mass is 210 g/mol. The number of methoxy groups -OCH3 is 2. The Bertz CT molecular complexity index is 263. The van der Waals surface area contributed by atoms with Gasteiger partial charge in [-0.25, -0.2) is 0 Å². The third kappa shape index (κ3) is 3.95. The quantitative estimate of drug-likeness (QED) is 0.720. The molecule has 1 rings (SSSR count). The van der Waals surface area contributed by atoms with E-state index in [1.807, 2.05) is 18.3 Å². The third-order valence-corrected chi connectivity index (χ3v) is 2.30. The van der Waals surface area contributed by atoms with Crippen LogP contribution >= 0.6 is 0 Å². The molecule has 0 saturated heterocycles. The van der Waals surface area contributed by atoms with Crippen LogP contribution in [0.25, 0.3) is 0 Å². The molecule has 0 aromatic carbocycles. The second kappa shape index (κ2) is 6.50. The molecular weight excluding hydrogens is 192 g/mol. The van der Waals surface area contributed by atoms with Crippen LogP contribution < -0.4 is 5.32 Å². The normalized spacial score (nSPS) is 13.1. The van der Waals surface area contributed by atoms with Crippen LogP contribution in [0.15, 0.2) is 24.5 Å². The van der Waals surface area contributed by atoms with E-state index in [2.05, 4.69) is 17.2 Å². The Morgan fingerprint density at radius 2 is 2.13 bits per heavy atom. The number of nitrogens with zero attached hydrogens (tertiary/aromatic N) is 1. The summed E-state index contributed by atoms with van der Waals surface area (Å²) in [5.74, 6) is 0. The van der Waals surface area contributed by atoms with Gasteiger partial charge in [0, 0.05) is 39.2 Å². The molecular formula is C11H18N2O2. The van der Waals surface area contributed by atoms with Gasteiger partial charge in [0.15, 0.2) is 6.29 Å². The summed E-state index contributed by atoms with van der Waals surface area (Å²) >= 11 is 0. The van der Waals surface area contributed by atoms with E-state index < -0.39 is 0 Å². The molecule has 0 aliphatic heterocycles. The minimum atomic E-state index is -0.205. The summed E-state index contributed by atoms with van der Waals surface area (Å²) in [4.78, 5) is 4.07. The maximum absolute atomic E-state index is 5.09. The summed E-state index contributed by atoms with van der Waals surface area (Å²) in [6.45, 7) is 2.74. The molecule has 0 amide bonds. The Labute approximate surface area is 90.6 Å². The van der Waals surface area contributed by atoms with Crippen LogP contribution in [0.2, 0.25) is 0 Å². The molecule has 0 aliphatic rings. The highest BCUT2D eigenvalue weighted by molar-refractivity contribution is 5.12. The number of nitrogens with one attached hydrogen (secondary N) is 1. The van der Waals surface area contributed by atoms with Crippen molar-refractivity contribution in [3.8, 4) is 0 Å². The predicted octanol–water partition coefficient (Wildman–Crippen LogP) is 1.35. The van der Waals surface area contributed by atoms with Crippen LogP contribution in [0.1, 0.15) is 18.5 Å². The number of rotatable bonds is 6. The van der Waals surface area contributed by atoms with Crippen LogP contribution in [0, 0.1) is 0 Å². The van der Waals surface area contributed by atoms with Crippen molar-refractivity contribution < 1.29 is 9.47 Å². The molecule has 1 N–H and O–H groups in total. The molecule has 84 valence electrons. The van der Waals surface area contributed by atoms with Crippen molar-refractivity contribution in [2.24, 2.45) is 0 Å². The number of aromatic nitrogens is 1. The van der Waals surface area contributed by atoms with E-state index in [0.717, 1.165) is 5.56 Å². The summed E-state index contributed by atoms with van der Waals surface area (Å²) in [7, 11) is 3.26. The molecule has 1 unspecified atom stereocenters. The zero-order valence-corrected chi connectivity index (χ0v) is 9.43. The minimum Gasteiger partial charge on any atom is -0.355 e. The smallest absolute Gasteiger partial charge is 0.169 e. The first kappa shape index (κ1) is 12.1. The van der Waals surface area contributed by atoms with E-state index in [4.69, 9.17) is 9.47 Å². The molecule has 4 nitrogen and oxygen atoms in total. The number of pyridine rings is 1. The van der Waals surface area contributed by atoms with Gasteiger partial charge in [-0.15, -0.1) is 0 Å². The average Bonchev–Trinajstić information content (AvgIpc) is 2.31. The Kier molecular flexibility index (Phi) is 5.25. The highest BCUT2D eigenvalue weighted by Gasteiger charge is 2.08. The van der Waals surface area contributed by atoms with Crippen molar-refractivity contribution in [1.29, 1.82) is 0 Å². The maximum atomic E-state index is 5.09. The molecule has 1 aromatic heterocycles. The van der Waals surface area contributed by atoms with Gasteiger partial charge in [-0.3, -0.25) is 4.98 Å². The summed E-state index contributed by atoms with van der Waals surface area (Å²) < 4.78 is 10.2. The lowest BCUT2D eigenvalue weighted by molar-refractivity contribution is -0.0997. The van der Waals surface area contributed by atoms with Gasteiger partial charge in [0.05, 0.1) is 0 Å². The van der Waals surface area contributed by atoms with Gasteiger partial charge in [-0.05, 0) is 18.6 Å². The fourth-order valence-electron chi connectivity index (χ4n) is 1.29. The Morgan fingerprint density at radius 1 is 1.40 bits per heavy atom. The Balaban J connectivity index is 2.39. The molecule has 15 heavy (non-hydrogen) atoms. The van der Waals surface area contributed by atoms with Gasteiger partial charge in [-0.2, -0.15) is 0 Å². The first-order valence-corrected chi connectivity index (χ1v) is 4.96. The number of ether oxygens (including phenoxy) is 2. The number of hydrogen-bond donors (Lipinski definition) is 1. The molecule has 1 heterocycles. The van der Waals surface area contributed by atoms with Crippen LogP contribution in [-0.4, -0.2) is 32.0 Å². The first-order valence-electron chi connectivity index (χ1n) is 4.96. The molecule has 0 fully saturated rings. The van der Waals surface area contributed by atoms with E-state index in [9.17, 15) is 0 Å². The van der Waals surface area contributed by atoms with E-state index >= 15 is 0 Å². The van der Waals surface area contributed by atoms with Crippen molar-refractivity contribution in [2.45, 2.75) is 19.3 Å². The molecule has 0 aliphatic carbocycles. The fraction of sp³-hybridized carbons (Fsp3) is 0.545.